The minimum absolute atomic E-state index is 0.0723. The van der Waals surface area contributed by atoms with Crippen LogP contribution < -0.4 is 26.4 Å². The van der Waals surface area contributed by atoms with Crippen LogP contribution in [0.15, 0.2) is 36.8 Å². The molecule has 13 heteroatoms. The van der Waals surface area contributed by atoms with Crippen LogP contribution in [0.5, 0.6) is 0 Å². The molecule has 0 bridgehead atoms. The summed E-state index contributed by atoms with van der Waals surface area (Å²) in [7, 11) is 1.53. The fourth-order valence-electron chi connectivity index (χ4n) is 4.46. The van der Waals surface area contributed by atoms with Gasteiger partial charge in [0.25, 0.3) is 5.91 Å². The average molecular weight is 511 g/mol. The molecular formula is C24H31FN10O2. The van der Waals surface area contributed by atoms with Crippen molar-refractivity contribution in [2.75, 3.05) is 30.4 Å². The summed E-state index contributed by atoms with van der Waals surface area (Å²) < 4.78 is 20.3. The summed E-state index contributed by atoms with van der Waals surface area (Å²) in [5.74, 6) is 1.09. The van der Waals surface area contributed by atoms with E-state index in [0.29, 0.717) is 30.9 Å². The van der Waals surface area contributed by atoms with Gasteiger partial charge in [-0.05, 0) is 38.8 Å². The Bertz CT molecular complexity index is 1260. The summed E-state index contributed by atoms with van der Waals surface area (Å²) in [5.41, 5.74) is 7.00. The van der Waals surface area contributed by atoms with Crippen LogP contribution in [0.3, 0.4) is 0 Å². The number of carbonyl (C=O) groups is 1. The van der Waals surface area contributed by atoms with Crippen LogP contribution in [0.1, 0.15) is 37.6 Å². The lowest BCUT2D eigenvalue weighted by Crippen LogP contribution is -2.70. The number of hydrogen-bond acceptors (Lipinski definition) is 10. The van der Waals surface area contributed by atoms with Gasteiger partial charge in [-0.3, -0.25) is 10.2 Å². The van der Waals surface area contributed by atoms with Crippen LogP contribution in [0.25, 0.3) is 5.82 Å². The zero-order valence-corrected chi connectivity index (χ0v) is 21.2. The summed E-state index contributed by atoms with van der Waals surface area (Å²) >= 11 is 0. The molecule has 37 heavy (non-hydrogen) atoms. The summed E-state index contributed by atoms with van der Waals surface area (Å²) in [5, 5.41) is 10.3. The number of hydrogen-bond donors (Lipinski definition) is 4. The minimum Gasteiger partial charge on any atom is -0.365 e. The van der Waals surface area contributed by atoms with E-state index in [9.17, 15) is 9.18 Å². The monoisotopic (exact) mass is 510 g/mol. The van der Waals surface area contributed by atoms with Gasteiger partial charge in [0.15, 0.2) is 17.2 Å². The molecule has 5 heterocycles. The number of rotatable bonds is 8. The highest BCUT2D eigenvalue weighted by atomic mass is 19.1. The topological polar surface area (TPSA) is 134 Å². The number of aromatic nitrogens is 5. The lowest BCUT2D eigenvalue weighted by Gasteiger charge is -2.47. The van der Waals surface area contributed by atoms with E-state index in [0.717, 1.165) is 29.7 Å². The number of anilines is 2. The van der Waals surface area contributed by atoms with Gasteiger partial charge in [0.2, 0.25) is 5.95 Å². The maximum atomic E-state index is 13.2. The minimum atomic E-state index is -1.01. The maximum Gasteiger partial charge on any atom is 0.256 e. The fraction of sp³-hybridized carbons (Fsp3) is 0.458. The first kappa shape index (κ1) is 25.0. The molecule has 1 amide bonds. The van der Waals surface area contributed by atoms with Gasteiger partial charge in [-0.1, -0.05) is 6.07 Å². The smallest absolute Gasteiger partial charge is 0.256 e. The quantitative estimate of drug-likeness (QED) is 0.350. The number of ether oxygens (including phenoxy) is 1. The molecule has 0 saturated carbocycles. The van der Waals surface area contributed by atoms with E-state index >= 15 is 0 Å². The van der Waals surface area contributed by atoms with Crippen molar-refractivity contribution in [2.24, 2.45) is 0 Å². The first-order chi connectivity index (χ1) is 17.7. The van der Waals surface area contributed by atoms with E-state index in [4.69, 9.17) is 4.74 Å². The van der Waals surface area contributed by atoms with Gasteiger partial charge >= 0.3 is 0 Å². The van der Waals surface area contributed by atoms with Crippen molar-refractivity contribution < 1.29 is 13.9 Å². The third kappa shape index (κ3) is 5.24. The highest BCUT2D eigenvalue weighted by Crippen LogP contribution is 2.30. The molecule has 3 aromatic rings. The highest BCUT2D eigenvalue weighted by molar-refractivity contribution is 5.89. The summed E-state index contributed by atoms with van der Waals surface area (Å²) in [4.78, 5) is 28.7. The lowest BCUT2D eigenvalue weighted by atomic mass is 9.92. The van der Waals surface area contributed by atoms with E-state index in [1.54, 1.807) is 12.3 Å². The molecule has 2 saturated heterocycles. The molecule has 2 aliphatic rings. The van der Waals surface area contributed by atoms with Crippen LogP contribution in [-0.2, 0) is 9.53 Å². The molecule has 0 spiro atoms. The van der Waals surface area contributed by atoms with Gasteiger partial charge in [-0.2, -0.15) is 10.1 Å². The number of methoxy groups -OCH3 is 1. The van der Waals surface area contributed by atoms with Gasteiger partial charge in [-0.25, -0.2) is 24.5 Å². The van der Waals surface area contributed by atoms with Crippen LogP contribution in [-0.4, -0.2) is 68.6 Å². The molecule has 2 aliphatic heterocycles. The van der Waals surface area contributed by atoms with E-state index in [1.807, 2.05) is 30.9 Å². The van der Waals surface area contributed by atoms with E-state index < -0.39 is 11.4 Å². The van der Waals surface area contributed by atoms with Crippen LogP contribution >= 0.6 is 0 Å². The standard InChI is InChI=1S/C24H31FN10O2/c1-14-7-19(30-20-8-15(2)32-33-20)31-23(28-14)34-12-24(13-34,37-4)22(36)29-16(3)17-5-6-21(26-9-17)35-11-18(25)10-27-35/h5-7,9-11,15-16,20,32-33H,8,12-13H2,1-4H3,(H,29,36)(H,28,30,31)/t15?,16-,20?/m0/s1. The zero-order chi connectivity index (χ0) is 26.2. The van der Waals surface area contributed by atoms with Crippen molar-refractivity contribution >= 4 is 17.7 Å². The number of aryl methyl sites for hydroxylation is 1. The molecule has 2 unspecified atom stereocenters. The number of carbonyl (C=O) groups excluding carboxylic acids is 1. The molecule has 4 N–H and O–H groups in total. The zero-order valence-electron chi connectivity index (χ0n) is 21.2. The van der Waals surface area contributed by atoms with Crippen LogP contribution in [0, 0.1) is 12.7 Å². The SMILES string of the molecule is COC1(C(=O)N[C@@H](C)c2ccc(-n3cc(F)cn3)nc2)CN(c2nc(C)cc(NC3CC(C)NN3)n2)C1. The number of nitrogens with zero attached hydrogens (tertiary/aromatic N) is 6. The summed E-state index contributed by atoms with van der Waals surface area (Å²) in [6, 6.07) is 5.50. The molecule has 0 aromatic carbocycles. The van der Waals surface area contributed by atoms with E-state index in [2.05, 4.69) is 48.5 Å². The van der Waals surface area contributed by atoms with Crippen molar-refractivity contribution in [2.45, 2.75) is 51.0 Å². The van der Waals surface area contributed by atoms with Crippen LogP contribution in [0.2, 0.25) is 0 Å². The Kier molecular flexibility index (Phi) is 6.75. The highest BCUT2D eigenvalue weighted by Gasteiger charge is 2.51. The summed E-state index contributed by atoms with van der Waals surface area (Å²) in [6.07, 6.45) is 5.00. The number of hydrazine groups is 1. The normalized spacial score (nSPS) is 21.4. The molecule has 5 rings (SSSR count). The van der Waals surface area contributed by atoms with Gasteiger partial charge < -0.3 is 20.3 Å². The third-order valence-corrected chi connectivity index (χ3v) is 6.64. The molecule has 2 fully saturated rings. The Morgan fingerprint density at radius 1 is 1.27 bits per heavy atom. The molecule has 0 radical (unpaired) electrons. The first-order valence-electron chi connectivity index (χ1n) is 12.2. The Labute approximate surface area is 214 Å². The van der Waals surface area contributed by atoms with E-state index in [1.165, 1.54) is 18.0 Å². The number of nitrogens with one attached hydrogen (secondary N) is 4. The Balaban J connectivity index is 1.21. The first-order valence-corrected chi connectivity index (χ1v) is 12.2. The molecule has 3 atom stereocenters. The van der Waals surface area contributed by atoms with E-state index in [-0.39, 0.29) is 18.1 Å². The second-order valence-corrected chi connectivity index (χ2v) is 9.62. The second kappa shape index (κ2) is 10.00. The Hall–Kier alpha value is -3.68. The number of pyridine rings is 1. The van der Waals surface area contributed by atoms with Crippen molar-refractivity contribution in [3.8, 4) is 5.82 Å². The lowest BCUT2D eigenvalue weighted by molar-refractivity contribution is -0.147. The second-order valence-electron chi connectivity index (χ2n) is 9.62. The van der Waals surface area contributed by atoms with Gasteiger partial charge in [0.05, 0.1) is 37.7 Å². The van der Waals surface area contributed by atoms with Crippen LogP contribution in [0.4, 0.5) is 16.2 Å². The number of amides is 1. The molecule has 12 nitrogen and oxygen atoms in total. The Morgan fingerprint density at radius 3 is 2.70 bits per heavy atom. The average Bonchev–Trinajstić information content (AvgIpc) is 3.46. The predicted octanol–water partition coefficient (Wildman–Crippen LogP) is 1.21. The molecule has 0 aliphatic carbocycles. The molecule has 3 aromatic heterocycles. The molecular weight excluding hydrogens is 479 g/mol. The predicted molar refractivity (Wildman–Crippen MR) is 134 cm³/mol. The van der Waals surface area contributed by atoms with Crippen molar-refractivity contribution in [1.29, 1.82) is 0 Å². The maximum absolute atomic E-state index is 13.2. The Morgan fingerprint density at radius 2 is 2.08 bits per heavy atom. The fourth-order valence-corrected chi connectivity index (χ4v) is 4.46. The summed E-state index contributed by atoms with van der Waals surface area (Å²) in [6.45, 7) is 6.55. The third-order valence-electron chi connectivity index (χ3n) is 6.64. The largest absolute Gasteiger partial charge is 0.365 e. The van der Waals surface area contributed by atoms with Gasteiger partial charge in [0, 0.05) is 31.1 Å². The van der Waals surface area contributed by atoms with Crippen molar-refractivity contribution in [3.05, 3.63) is 53.9 Å². The van der Waals surface area contributed by atoms with Gasteiger partial charge in [0.1, 0.15) is 5.82 Å². The number of halogens is 1. The van der Waals surface area contributed by atoms with Crippen molar-refractivity contribution in [1.82, 2.24) is 40.9 Å². The molecule has 196 valence electrons. The van der Waals surface area contributed by atoms with Gasteiger partial charge in [-0.15, -0.1) is 0 Å². The van der Waals surface area contributed by atoms with Crippen molar-refractivity contribution in [3.63, 3.8) is 0 Å².